The monoisotopic (exact) mass is 255 g/mol. The zero-order valence-electron chi connectivity index (χ0n) is 11.2. The summed E-state index contributed by atoms with van der Waals surface area (Å²) in [6, 6.07) is 20.5. The normalized spacial score (nSPS) is 12.1. The molecule has 2 aromatic rings. The third kappa shape index (κ3) is 4.76. The van der Waals surface area contributed by atoms with Gasteiger partial charge < -0.3 is 10.5 Å². The van der Waals surface area contributed by atoms with Crippen LogP contribution in [0, 0.1) is 0 Å². The molecule has 100 valence electrons. The van der Waals surface area contributed by atoms with Gasteiger partial charge in [0.2, 0.25) is 0 Å². The molecule has 2 nitrogen and oxygen atoms in total. The molecule has 0 unspecified atom stereocenters. The lowest BCUT2D eigenvalue weighted by Gasteiger charge is -2.19. The summed E-state index contributed by atoms with van der Waals surface area (Å²) in [5.41, 5.74) is 6.91. The molecule has 0 radical (unpaired) electrons. The number of hydrogen-bond donors (Lipinski definition) is 1. The fourth-order valence-electron chi connectivity index (χ4n) is 2.12. The standard InChI is InChI=1S/C17H21NO/c18-13-7-12-17(14-15-8-3-1-4-9-15)19-16-10-5-2-6-11-16/h1-6,8-11,17H,7,12-14,18H2/t17-/m1/s1. The van der Waals surface area contributed by atoms with Crippen LogP contribution in [0.5, 0.6) is 5.75 Å². The molecular formula is C17H21NO. The van der Waals surface area contributed by atoms with Crippen molar-refractivity contribution in [3.63, 3.8) is 0 Å². The fourth-order valence-corrected chi connectivity index (χ4v) is 2.12. The second kappa shape index (κ2) is 7.59. The van der Waals surface area contributed by atoms with E-state index in [9.17, 15) is 0 Å². The molecule has 0 aliphatic rings. The van der Waals surface area contributed by atoms with E-state index in [4.69, 9.17) is 10.5 Å². The molecule has 2 N–H and O–H groups in total. The average Bonchev–Trinajstić information content (AvgIpc) is 2.47. The van der Waals surface area contributed by atoms with Crippen LogP contribution >= 0.6 is 0 Å². The minimum absolute atomic E-state index is 0.188. The number of para-hydroxylation sites is 1. The van der Waals surface area contributed by atoms with Gasteiger partial charge in [-0.2, -0.15) is 0 Å². The molecule has 0 aromatic heterocycles. The predicted octanol–water partition coefficient (Wildman–Crippen LogP) is 3.42. The van der Waals surface area contributed by atoms with Gasteiger partial charge in [0, 0.05) is 6.42 Å². The number of nitrogens with two attached hydrogens (primary N) is 1. The Morgan fingerprint density at radius 2 is 1.53 bits per heavy atom. The first-order valence-electron chi connectivity index (χ1n) is 6.84. The zero-order chi connectivity index (χ0) is 13.3. The SMILES string of the molecule is NCCC[C@H](Cc1ccccc1)Oc1ccccc1. The van der Waals surface area contributed by atoms with Gasteiger partial charge in [-0.3, -0.25) is 0 Å². The van der Waals surface area contributed by atoms with Crippen LogP contribution in [0.1, 0.15) is 18.4 Å². The lowest BCUT2D eigenvalue weighted by molar-refractivity contribution is 0.189. The number of hydrogen-bond acceptors (Lipinski definition) is 2. The molecule has 0 saturated carbocycles. The van der Waals surface area contributed by atoms with E-state index in [1.807, 2.05) is 36.4 Å². The first-order chi connectivity index (χ1) is 9.38. The van der Waals surface area contributed by atoms with Crippen molar-refractivity contribution in [2.45, 2.75) is 25.4 Å². The van der Waals surface area contributed by atoms with Crippen molar-refractivity contribution >= 4 is 0 Å². The Morgan fingerprint density at radius 3 is 2.16 bits per heavy atom. The van der Waals surface area contributed by atoms with Crippen LogP contribution in [-0.4, -0.2) is 12.6 Å². The number of ether oxygens (including phenoxy) is 1. The molecule has 2 heteroatoms. The van der Waals surface area contributed by atoms with Crippen LogP contribution in [0.2, 0.25) is 0 Å². The second-order valence-electron chi connectivity index (χ2n) is 4.67. The minimum Gasteiger partial charge on any atom is -0.490 e. The minimum atomic E-state index is 0.188. The Morgan fingerprint density at radius 1 is 0.895 bits per heavy atom. The van der Waals surface area contributed by atoms with Crippen molar-refractivity contribution < 1.29 is 4.74 Å². The van der Waals surface area contributed by atoms with Crippen molar-refractivity contribution in [2.75, 3.05) is 6.54 Å². The molecule has 0 spiro atoms. The first kappa shape index (κ1) is 13.6. The molecule has 0 fully saturated rings. The largest absolute Gasteiger partial charge is 0.490 e. The molecule has 0 aliphatic heterocycles. The quantitative estimate of drug-likeness (QED) is 0.822. The molecule has 0 saturated heterocycles. The van der Waals surface area contributed by atoms with Gasteiger partial charge in [-0.1, -0.05) is 48.5 Å². The van der Waals surface area contributed by atoms with Crippen LogP contribution in [0.4, 0.5) is 0 Å². The van der Waals surface area contributed by atoms with Gasteiger partial charge in [0.05, 0.1) is 0 Å². The highest BCUT2D eigenvalue weighted by molar-refractivity contribution is 5.22. The Bertz CT molecular complexity index is 414. The predicted molar refractivity (Wildman–Crippen MR) is 79.3 cm³/mol. The highest BCUT2D eigenvalue weighted by atomic mass is 16.5. The molecule has 0 aliphatic carbocycles. The lowest BCUT2D eigenvalue weighted by Crippen LogP contribution is -2.21. The van der Waals surface area contributed by atoms with E-state index in [-0.39, 0.29) is 6.10 Å². The summed E-state index contributed by atoms with van der Waals surface area (Å²) in [5.74, 6) is 0.931. The van der Waals surface area contributed by atoms with Gasteiger partial charge >= 0.3 is 0 Å². The topological polar surface area (TPSA) is 35.2 Å². The Labute approximate surface area is 115 Å². The van der Waals surface area contributed by atoms with Gasteiger partial charge in [-0.25, -0.2) is 0 Å². The van der Waals surface area contributed by atoms with Crippen LogP contribution in [0.25, 0.3) is 0 Å². The van der Waals surface area contributed by atoms with Crippen LogP contribution in [-0.2, 0) is 6.42 Å². The molecule has 19 heavy (non-hydrogen) atoms. The Hall–Kier alpha value is -1.80. The maximum atomic E-state index is 6.06. The number of benzene rings is 2. The molecule has 0 heterocycles. The van der Waals surface area contributed by atoms with Crippen molar-refractivity contribution in [1.82, 2.24) is 0 Å². The van der Waals surface area contributed by atoms with E-state index in [2.05, 4.69) is 24.3 Å². The Kier molecular flexibility index (Phi) is 5.45. The summed E-state index contributed by atoms with van der Waals surface area (Å²) in [7, 11) is 0. The van der Waals surface area contributed by atoms with Gasteiger partial charge in [-0.15, -0.1) is 0 Å². The third-order valence-corrected chi connectivity index (χ3v) is 3.08. The Balaban J connectivity index is 1.99. The van der Waals surface area contributed by atoms with E-state index in [0.717, 1.165) is 25.0 Å². The third-order valence-electron chi connectivity index (χ3n) is 3.08. The maximum absolute atomic E-state index is 6.06. The fraction of sp³-hybridized carbons (Fsp3) is 0.294. The summed E-state index contributed by atoms with van der Waals surface area (Å²) < 4.78 is 6.06. The summed E-state index contributed by atoms with van der Waals surface area (Å²) in [5, 5.41) is 0. The van der Waals surface area contributed by atoms with E-state index in [0.29, 0.717) is 6.54 Å². The van der Waals surface area contributed by atoms with Gasteiger partial charge in [-0.05, 0) is 37.1 Å². The van der Waals surface area contributed by atoms with Crippen LogP contribution in [0.3, 0.4) is 0 Å². The highest BCUT2D eigenvalue weighted by Crippen LogP contribution is 2.16. The summed E-state index contributed by atoms with van der Waals surface area (Å²) in [4.78, 5) is 0. The first-order valence-corrected chi connectivity index (χ1v) is 6.84. The second-order valence-corrected chi connectivity index (χ2v) is 4.67. The van der Waals surface area contributed by atoms with E-state index >= 15 is 0 Å². The molecule has 0 bridgehead atoms. The lowest BCUT2D eigenvalue weighted by atomic mass is 10.0. The van der Waals surface area contributed by atoms with Gasteiger partial charge in [0.1, 0.15) is 11.9 Å². The van der Waals surface area contributed by atoms with Crippen molar-refractivity contribution in [3.05, 3.63) is 66.2 Å². The molecule has 1 atom stereocenters. The summed E-state index contributed by atoms with van der Waals surface area (Å²) >= 11 is 0. The van der Waals surface area contributed by atoms with Crippen LogP contribution < -0.4 is 10.5 Å². The number of rotatable bonds is 7. The molecule has 2 aromatic carbocycles. The smallest absolute Gasteiger partial charge is 0.119 e. The van der Waals surface area contributed by atoms with Gasteiger partial charge in [0.25, 0.3) is 0 Å². The average molecular weight is 255 g/mol. The highest BCUT2D eigenvalue weighted by Gasteiger charge is 2.11. The van der Waals surface area contributed by atoms with Crippen molar-refractivity contribution in [2.24, 2.45) is 5.73 Å². The van der Waals surface area contributed by atoms with E-state index < -0.39 is 0 Å². The zero-order valence-corrected chi connectivity index (χ0v) is 11.2. The van der Waals surface area contributed by atoms with E-state index in [1.54, 1.807) is 0 Å². The molecule has 2 rings (SSSR count). The molecular weight excluding hydrogens is 234 g/mol. The maximum Gasteiger partial charge on any atom is 0.119 e. The van der Waals surface area contributed by atoms with E-state index in [1.165, 1.54) is 5.56 Å². The van der Waals surface area contributed by atoms with Crippen LogP contribution in [0.15, 0.2) is 60.7 Å². The molecule has 0 amide bonds. The summed E-state index contributed by atoms with van der Waals surface area (Å²) in [6.07, 6.45) is 3.09. The van der Waals surface area contributed by atoms with Crippen molar-refractivity contribution in [1.29, 1.82) is 0 Å². The van der Waals surface area contributed by atoms with Crippen molar-refractivity contribution in [3.8, 4) is 5.75 Å². The summed E-state index contributed by atoms with van der Waals surface area (Å²) in [6.45, 7) is 0.712. The van der Waals surface area contributed by atoms with Gasteiger partial charge in [0.15, 0.2) is 0 Å².